The molecule has 3 rings (SSSR count). The Kier molecular flexibility index (Phi) is 5.34. The molecule has 0 aliphatic rings. The summed E-state index contributed by atoms with van der Waals surface area (Å²) in [6, 6.07) is 18.8. The number of aromatic hydroxyl groups is 1. The highest BCUT2D eigenvalue weighted by Gasteiger charge is 2.02. The summed E-state index contributed by atoms with van der Waals surface area (Å²) in [5, 5.41) is 18.8. The topological polar surface area (TPSA) is 83.0 Å². The Bertz CT molecular complexity index is 954. The molecule has 1 amide bonds. The summed E-state index contributed by atoms with van der Waals surface area (Å²) < 4.78 is 5.02. The highest BCUT2D eigenvalue weighted by Crippen LogP contribution is 2.25. The molecule has 6 nitrogen and oxygen atoms in total. The summed E-state index contributed by atoms with van der Waals surface area (Å²) in [5.74, 6) is 0.131. The zero-order chi connectivity index (χ0) is 18.4. The van der Waals surface area contributed by atoms with Gasteiger partial charge in [-0.15, -0.1) is 0 Å². The van der Waals surface area contributed by atoms with Gasteiger partial charge in [-0.3, -0.25) is 4.79 Å². The van der Waals surface area contributed by atoms with Gasteiger partial charge in [-0.2, -0.15) is 5.10 Å². The van der Waals surface area contributed by atoms with Crippen molar-refractivity contribution < 1.29 is 14.6 Å². The molecule has 0 aliphatic heterocycles. The largest absolute Gasteiger partial charge is 0.504 e. The van der Waals surface area contributed by atoms with Gasteiger partial charge >= 0.3 is 0 Å². The predicted molar refractivity (Wildman–Crippen MR) is 103 cm³/mol. The fourth-order valence-electron chi connectivity index (χ4n) is 2.47. The molecular formula is C20H19N3O3. The molecule has 0 heterocycles. The number of rotatable bonds is 6. The molecule has 0 unspecified atom stereocenters. The number of phenols is 1. The second-order valence-corrected chi connectivity index (χ2v) is 5.64. The number of ether oxygens (including phenoxy) is 1. The van der Waals surface area contributed by atoms with Gasteiger partial charge < -0.3 is 15.2 Å². The first-order valence-corrected chi connectivity index (χ1v) is 8.07. The van der Waals surface area contributed by atoms with Gasteiger partial charge in [0, 0.05) is 5.69 Å². The molecular weight excluding hydrogens is 330 g/mol. The molecule has 3 N–H and O–H groups in total. The Labute approximate surface area is 151 Å². The van der Waals surface area contributed by atoms with Crippen LogP contribution in [0.1, 0.15) is 5.56 Å². The molecule has 0 radical (unpaired) electrons. The summed E-state index contributed by atoms with van der Waals surface area (Å²) in [5.41, 5.74) is 4.02. The van der Waals surface area contributed by atoms with E-state index < -0.39 is 0 Å². The molecule has 6 heteroatoms. The Balaban J connectivity index is 1.53. The van der Waals surface area contributed by atoms with Crippen molar-refractivity contribution in [3.05, 3.63) is 66.2 Å². The van der Waals surface area contributed by atoms with Crippen LogP contribution in [0.4, 0.5) is 5.69 Å². The maximum absolute atomic E-state index is 11.9. The fraction of sp³-hybridized carbons (Fsp3) is 0.100. The predicted octanol–water partition coefficient (Wildman–Crippen LogP) is 3.12. The zero-order valence-electron chi connectivity index (χ0n) is 14.3. The lowest BCUT2D eigenvalue weighted by Crippen LogP contribution is -2.25. The zero-order valence-corrected chi connectivity index (χ0v) is 14.3. The highest BCUT2D eigenvalue weighted by molar-refractivity contribution is 5.87. The van der Waals surface area contributed by atoms with E-state index >= 15 is 0 Å². The van der Waals surface area contributed by atoms with Gasteiger partial charge in [0.05, 0.1) is 19.9 Å². The quantitative estimate of drug-likeness (QED) is 0.472. The molecule has 3 aromatic carbocycles. The smallest absolute Gasteiger partial charge is 0.259 e. The number of hydrogen-bond acceptors (Lipinski definition) is 5. The number of hydrogen-bond donors (Lipinski definition) is 3. The standard InChI is InChI=1S/C20H19N3O3/c1-26-19-10-14(6-9-18(19)24)12-22-23-20(25)13-21-17-8-7-15-4-2-3-5-16(15)11-17/h2-12,21,24H,13H2,1H3,(H,23,25)/b22-12+. The Morgan fingerprint density at radius 3 is 2.73 bits per heavy atom. The summed E-state index contributed by atoms with van der Waals surface area (Å²) in [4.78, 5) is 11.9. The number of anilines is 1. The molecule has 132 valence electrons. The number of nitrogens with zero attached hydrogens (tertiary/aromatic N) is 1. The number of amides is 1. The van der Waals surface area contributed by atoms with Crippen molar-refractivity contribution in [2.24, 2.45) is 5.10 Å². The third-order valence-electron chi connectivity index (χ3n) is 3.81. The van der Waals surface area contributed by atoms with E-state index in [-0.39, 0.29) is 18.2 Å². The van der Waals surface area contributed by atoms with Crippen LogP contribution in [0.3, 0.4) is 0 Å². The SMILES string of the molecule is COc1cc(/C=N/NC(=O)CNc2ccc3ccccc3c2)ccc1O. The second kappa shape index (κ2) is 8.02. The van der Waals surface area contributed by atoms with Crippen LogP contribution in [0.2, 0.25) is 0 Å². The molecule has 3 aromatic rings. The van der Waals surface area contributed by atoms with Gasteiger partial charge in [0.1, 0.15) is 0 Å². The number of fused-ring (bicyclic) bond motifs is 1. The van der Waals surface area contributed by atoms with Gasteiger partial charge in [-0.25, -0.2) is 5.43 Å². The molecule has 0 aromatic heterocycles. The van der Waals surface area contributed by atoms with E-state index in [2.05, 4.69) is 15.8 Å². The van der Waals surface area contributed by atoms with E-state index in [0.29, 0.717) is 11.3 Å². The van der Waals surface area contributed by atoms with Crippen molar-refractivity contribution in [3.63, 3.8) is 0 Å². The average Bonchev–Trinajstić information content (AvgIpc) is 2.67. The molecule has 0 aliphatic carbocycles. The van der Waals surface area contributed by atoms with Crippen LogP contribution in [0.25, 0.3) is 10.8 Å². The number of nitrogens with one attached hydrogen (secondary N) is 2. The first-order valence-electron chi connectivity index (χ1n) is 8.07. The van der Waals surface area contributed by atoms with Crippen molar-refractivity contribution in [1.29, 1.82) is 0 Å². The first-order chi connectivity index (χ1) is 12.7. The molecule has 0 spiro atoms. The van der Waals surface area contributed by atoms with Crippen LogP contribution < -0.4 is 15.5 Å². The summed E-state index contributed by atoms with van der Waals surface area (Å²) in [7, 11) is 1.47. The first kappa shape index (κ1) is 17.3. The van der Waals surface area contributed by atoms with E-state index in [4.69, 9.17) is 4.74 Å². The van der Waals surface area contributed by atoms with E-state index in [1.165, 1.54) is 19.4 Å². The van der Waals surface area contributed by atoms with Crippen molar-refractivity contribution in [3.8, 4) is 11.5 Å². The van der Waals surface area contributed by atoms with E-state index in [1.54, 1.807) is 12.1 Å². The van der Waals surface area contributed by atoms with Crippen LogP contribution in [0.15, 0.2) is 65.8 Å². The third kappa shape index (κ3) is 4.30. The Hall–Kier alpha value is -3.54. The molecule has 0 bridgehead atoms. The van der Waals surface area contributed by atoms with Crippen molar-refractivity contribution in [2.75, 3.05) is 19.0 Å². The molecule has 0 fully saturated rings. The van der Waals surface area contributed by atoms with Crippen LogP contribution in [0.5, 0.6) is 11.5 Å². The maximum atomic E-state index is 11.9. The van der Waals surface area contributed by atoms with E-state index in [0.717, 1.165) is 16.5 Å². The maximum Gasteiger partial charge on any atom is 0.259 e. The summed E-state index contributed by atoms with van der Waals surface area (Å²) in [6.45, 7) is 0.106. The van der Waals surface area contributed by atoms with Crippen molar-refractivity contribution in [2.45, 2.75) is 0 Å². The van der Waals surface area contributed by atoms with Crippen molar-refractivity contribution >= 4 is 28.6 Å². The van der Waals surface area contributed by atoms with Crippen LogP contribution in [-0.4, -0.2) is 30.9 Å². The Morgan fingerprint density at radius 2 is 1.92 bits per heavy atom. The monoisotopic (exact) mass is 349 g/mol. The minimum Gasteiger partial charge on any atom is -0.504 e. The molecule has 0 saturated carbocycles. The van der Waals surface area contributed by atoms with Gasteiger partial charge in [0.25, 0.3) is 5.91 Å². The highest BCUT2D eigenvalue weighted by atomic mass is 16.5. The summed E-state index contributed by atoms with van der Waals surface area (Å²) >= 11 is 0. The lowest BCUT2D eigenvalue weighted by molar-refractivity contribution is -0.119. The minimum atomic E-state index is -0.264. The fourth-order valence-corrected chi connectivity index (χ4v) is 2.47. The Morgan fingerprint density at radius 1 is 1.12 bits per heavy atom. The molecule has 0 atom stereocenters. The number of hydrazone groups is 1. The number of carbonyl (C=O) groups is 1. The van der Waals surface area contributed by atoms with Gasteiger partial charge in [-0.1, -0.05) is 30.3 Å². The number of benzene rings is 3. The van der Waals surface area contributed by atoms with Gasteiger partial charge in [0.15, 0.2) is 11.5 Å². The van der Waals surface area contributed by atoms with E-state index in [9.17, 15) is 9.90 Å². The lowest BCUT2D eigenvalue weighted by atomic mass is 10.1. The average molecular weight is 349 g/mol. The summed E-state index contributed by atoms with van der Waals surface area (Å²) in [6.07, 6.45) is 1.48. The van der Waals surface area contributed by atoms with Crippen LogP contribution >= 0.6 is 0 Å². The van der Waals surface area contributed by atoms with Crippen LogP contribution in [-0.2, 0) is 4.79 Å². The van der Waals surface area contributed by atoms with Crippen molar-refractivity contribution in [1.82, 2.24) is 5.43 Å². The molecule has 26 heavy (non-hydrogen) atoms. The number of methoxy groups -OCH3 is 1. The number of phenolic OH excluding ortho intramolecular Hbond substituents is 1. The minimum absolute atomic E-state index is 0.0493. The lowest BCUT2D eigenvalue weighted by Gasteiger charge is -2.07. The van der Waals surface area contributed by atoms with Gasteiger partial charge in [-0.05, 0) is 46.7 Å². The normalized spacial score (nSPS) is 10.8. The number of carbonyl (C=O) groups excluding carboxylic acids is 1. The van der Waals surface area contributed by atoms with Crippen LogP contribution in [0, 0.1) is 0 Å². The van der Waals surface area contributed by atoms with E-state index in [1.807, 2.05) is 42.5 Å². The molecule has 0 saturated heterocycles. The van der Waals surface area contributed by atoms with Gasteiger partial charge in [0.2, 0.25) is 0 Å². The third-order valence-corrected chi connectivity index (χ3v) is 3.81. The second-order valence-electron chi connectivity index (χ2n) is 5.64.